The lowest BCUT2D eigenvalue weighted by molar-refractivity contribution is 0.599. The monoisotopic (exact) mass is 447 g/mol. The van der Waals surface area contributed by atoms with Crippen molar-refractivity contribution in [2.24, 2.45) is 0 Å². The normalized spacial score (nSPS) is 19.4. The highest BCUT2D eigenvalue weighted by molar-refractivity contribution is 5.85. The van der Waals surface area contributed by atoms with Gasteiger partial charge >= 0.3 is 0 Å². The van der Waals surface area contributed by atoms with E-state index in [1.807, 2.05) is 18.2 Å². The zero-order valence-electron chi connectivity index (χ0n) is 23.5. The van der Waals surface area contributed by atoms with Crippen LogP contribution in [0.1, 0.15) is 51.1 Å². The fourth-order valence-electron chi connectivity index (χ4n) is 4.53. The first-order valence-electron chi connectivity index (χ1n) is 13.7. The lowest BCUT2D eigenvalue weighted by Crippen LogP contribution is -2.29. The molecule has 2 N–H and O–H groups in total. The average Bonchev–Trinajstić information content (AvgIpc) is 3.44. The van der Waals surface area contributed by atoms with Crippen LogP contribution in [0.25, 0.3) is 27.9 Å². The number of para-hydroxylation sites is 1. The maximum Gasteiger partial charge on any atom is 0.228 e. The van der Waals surface area contributed by atoms with E-state index in [0.29, 0.717) is 6.42 Å². The van der Waals surface area contributed by atoms with Gasteiger partial charge in [0.25, 0.3) is 0 Å². The Hall–Kier alpha value is -3.81. The van der Waals surface area contributed by atoms with Crippen molar-refractivity contribution in [2.45, 2.75) is 44.9 Å². The Bertz CT molecular complexity index is 1680. The van der Waals surface area contributed by atoms with Crippen LogP contribution in [-0.4, -0.2) is 35.6 Å². The molecule has 8 heteroatoms. The van der Waals surface area contributed by atoms with Crippen LogP contribution in [0.2, 0.25) is 0 Å². The van der Waals surface area contributed by atoms with Gasteiger partial charge in [0.15, 0.2) is 11.5 Å². The Balaban J connectivity index is 1.46. The number of benzene rings is 1. The van der Waals surface area contributed by atoms with E-state index >= 15 is 0 Å². The Morgan fingerprint density at radius 1 is 1.21 bits per heavy atom. The van der Waals surface area contributed by atoms with E-state index in [4.69, 9.17) is 8.22 Å². The molecule has 1 aromatic carbocycles. The van der Waals surface area contributed by atoms with E-state index in [9.17, 15) is 4.39 Å². The molecule has 0 spiro atoms. The highest BCUT2D eigenvalue weighted by atomic mass is 19.1. The van der Waals surface area contributed by atoms with E-state index < -0.39 is 25.4 Å². The second-order valence-corrected chi connectivity index (χ2v) is 8.24. The molecular weight excluding hydrogens is 417 g/mol. The molecule has 33 heavy (non-hydrogen) atoms. The Morgan fingerprint density at radius 2 is 2.12 bits per heavy atom. The second-order valence-electron chi connectivity index (χ2n) is 8.24. The molecule has 0 amide bonds. The number of H-pyrrole nitrogens is 1. The lowest BCUT2D eigenvalue weighted by Gasteiger charge is -2.24. The Kier molecular flexibility index (Phi) is 3.33. The SMILES string of the molecule is [2H]C([2H])([2H])C(c1cnn2c(N[C@@H]3CCc4[nH]c5ccccc5c4C3)nc(-c3cncc(F)c3)nc12)C([2H])([2H])[2H]. The molecule has 0 saturated heterocycles. The Morgan fingerprint density at radius 3 is 3.00 bits per heavy atom. The third-order valence-corrected chi connectivity index (χ3v) is 6.10. The number of nitrogens with one attached hydrogen (secondary N) is 2. The number of fused-ring (bicyclic) bond motifs is 4. The van der Waals surface area contributed by atoms with Gasteiger partial charge in [0.2, 0.25) is 5.95 Å². The van der Waals surface area contributed by atoms with Crippen LogP contribution in [0.15, 0.2) is 48.9 Å². The second kappa shape index (κ2) is 7.65. The highest BCUT2D eigenvalue weighted by Gasteiger charge is 2.24. The molecule has 6 rings (SSSR count). The fraction of sp³-hybridized carbons (Fsp3) is 0.280. The van der Waals surface area contributed by atoms with Crippen molar-refractivity contribution in [1.82, 2.24) is 29.5 Å². The Labute approximate surface area is 198 Å². The van der Waals surface area contributed by atoms with E-state index in [1.54, 1.807) is 0 Å². The smallest absolute Gasteiger partial charge is 0.228 e. The number of aromatic amines is 1. The molecule has 1 aliphatic carbocycles. The van der Waals surface area contributed by atoms with E-state index in [1.165, 1.54) is 34.2 Å². The molecule has 4 heterocycles. The highest BCUT2D eigenvalue weighted by Crippen LogP contribution is 2.31. The zero-order chi connectivity index (χ0) is 27.5. The van der Waals surface area contributed by atoms with Crippen molar-refractivity contribution in [2.75, 3.05) is 5.32 Å². The number of nitrogens with zero attached hydrogens (tertiary/aromatic N) is 5. The molecule has 166 valence electrons. The number of aryl methyl sites for hydroxylation is 1. The number of rotatable bonds is 4. The number of aromatic nitrogens is 6. The van der Waals surface area contributed by atoms with Crippen LogP contribution in [-0.2, 0) is 12.8 Å². The van der Waals surface area contributed by atoms with Gasteiger partial charge in [0.1, 0.15) is 5.82 Å². The third-order valence-electron chi connectivity index (χ3n) is 6.10. The summed E-state index contributed by atoms with van der Waals surface area (Å²) in [6.07, 6.45) is 5.93. The van der Waals surface area contributed by atoms with Gasteiger partial charge in [0.05, 0.1) is 12.4 Å². The van der Waals surface area contributed by atoms with Gasteiger partial charge in [-0.3, -0.25) is 4.98 Å². The van der Waals surface area contributed by atoms with Crippen LogP contribution < -0.4 is 5.32 Å². The molecule has 0 saturated carbocycles. The summed E-state index contributed by atoms with van der Waals surface area (Å²) in [6.45, 7) is -5.69. The van der Waals surface area contributed by atoms with Gasteiger partial charge in [-0.2, -0.15) is 14.6 Å². The van der Waals surface area contributed by atoms with E-state index in [2.05, 4.69) is 36.4 Å². The zero-order valence-corrected chi connectivity index (χ0v) is 17.5. The summed E-state index contributed by atoms with van der Waals surface area (Å²) in [4.78, 5) is 16.4. The molecule has 7 nitrogen and oxygen atoms in total. The van der Waals surface area contributed by atoms with Gasteiger partial charge < -0.3 is 10.3 Å². The van der Waals surface area contributed by atoms with Gasteiger partial charge in [-0.25, -0.2) is 9.37 Å². The predicted octanol–water partition coefficient (Wildman–Crippen LogP) is 4.90. The molecular formula is C25H24FN7. The summed E-state index contributed by atoms with van der Waals surface area (Å²) in [6, 6.07) is 9.26. The molecule has 1 aliphatic rings. The summed E-state index contributed by atoms with van der Waals surface area (Å²) < 4.78 is 63.0. The molecule has 0 bridgehead atoms. The van der Waals surface area contributed by atoms with Crippen molar-refractivity contribution < 1.29 is 12.6 Å². The van der Waals surface area contributed by atoms with Crippen LogP contribution in [0.4, 0.5) is 10.3 Å². The molecule has 4 aromatic heterocycles. The largest absolute Gasteiger partial charge is 0.358 e. The molecule has 0 unspecified atom stereocenters. The van der Waals surface area contributed by atoms with Crippen molar-refractivity contribution >= 4 is 22.5 Å². The molecule has 0 fully saturated rings. The maximum absolute atomic E-state index is 14.0. The summed E-state index contributed by atoms with van der Waals surface area (Å²) in [5, 5.41) is 8.87. The van der Waals surface area contributed by atoms with Crippen LogP contribution >= 0.6 is 0 Å². The van der Waals surface area contributed by atoms with Gasteiger partial charge in [-0.05, 0) is 42.9 Å². The van der Waals surface area contributed by atoms with Crippen LogP contribution in [0.5, 0.6) is 0 Å². The number of anilines is 1. The van der Waals surface area contributed by atoms with Crippen LogP contribution in [0.3, 0.4) is 0 Å². The first-order chi connectivity index (χ1) is 18.5. The number of pyridine rings is 1. The van der Waals surface area contributed by atoms with E-state index in [-0.39, 0.29) is 34.6 Å². The summed E-state index contributed by atoms with van der Waals surface area (Å²) in [5.74, 6) is -2.11. The minimum atomic E-state index is -2.84. The minimum absolute atomic E-state index is 0.0209. The van der Waals surface area contributed by atoms with Crippen LogP contribution in [0, 0.1) is 5.82 Å². The van der Waals surface area contributed by atoms with Crippen molar-refractivity contribution in [1.29, 1.82) is 0 Å². The van der Waals surface area contributed by atoms with E-state index in [0.717, 1.165) is 29.9 Å². The van der Waals surface area contributed by atoms with Gasteiger partial charge in [0, 0.05) is 48.2 Å². The molecule has 1 atom stereocenters. The summed E-state index contributed by atoms with van der Waals surface area (Å²) in [7, 11) is 0. The average molecular weight is 448 g/mol. The maximum atomic E-state index is 14.0. The standard InChI is InChI=1S/C25H24FN7/c1-14(2)20-13-28-33-24(20)31-23(15-9-16(26)12-27-11-15)32-25(33)29-17-7-8-22-19(10-17)18-5-3-4-6-21(18)30-22/h3-6,9,11-14,17,30H,7-8,10H2,1-2H3,(H,29,31,32)/t17-/m1/s1/i1D3,2D3. The van der Waals surface area contributed by atoms with Crippen molar-refractivity contribution in [3.8, 4) is 11.4 Å². The lowest BCUT2D eigenvalue weighted by atomic mass is 9.91. The minimum Gasteiger partial charge on any atom is -0.358 e. The first kappa shape index (κ1) is 14.4. The molecule has 0 aliphatic heterocycles. The number of hydrogen-bond acceptors (Lipinski definition) is 5. The molecule has 0 radical (unpaired) electrons. The summed E-state index contributed by atoms with van der Waals surface area (Å²) >= 11 is 0. The third kappa shape index (κ3) is 3.42. The van der Waals surface area contributed by atoms with Gasteiger partial charge in [-0.15, -0.1) is 0 Å². The van der Waals surface area contributed by atoms with Gasteiger partial charge in [-0.1, -0.05) is 31.9 Å². The van der Waals surface area contributed by atoms with Crippen molar-refractivity contribution in [3.63, 3.8) is 0 Å². The predicted molar refractivity (Wildman–Crippen MR) is 126 cm³/mol. The quantitative estimate of drug-likeness (QED) is 0.409. The summed E-state index contributed by atoms with van der Waals surface area (Å²) in [5.41, 5.74) is 3.69. The fourth-order valence-corrected chi connectivity index (χ4v) is 4.53. The van der Waals surface area contributed by atoms with Crippen molar-refractivity contribution in [3.05, 3.63) is 71.6 Å². The number of hydrogen-bond donors (Lipinski definition) is 2. The topological polar surface area (TPSA) is 83.8 Å². The first-order valence-corrected chi connectivity index (χ1v) is 10.7. The number of halogens is 1. The molecule has 5 aromatic rings.